The van der Waals surface area contributed by atoms with E-state index in [0.717, 1.165) is 42.9 Å². The average molecular weight is 429 g/mol. The van der Waals surface area contributed by atoms with Crippen molar-refractivity contribution in [3.05, 3.63) is 11.6 Å². The van der Waals surface area contributed by atoms with Gasteiger partial charge in [-0.3, -0.25) is 4.79 Å². The molecule has 0 saturated heterocycles. The van der Waals surface area contributed by atoms with Crippen molar-refractivity contribution in [3.8, 4) is 0 Å². The van der Waals surface area contributed by atoms with E-state index >= 15 is 0 Å². The molecular formula is C29H48O2. The predicted octanol–water partition coefficient (Wildman–Crippen LogP) is 7.20. The van der Waals surface area contributed by atoms with E-state index in [1.807, 2.05) is 6.08 Å². The van der Waals surface area contributed by atoms with Crippen LogP contribution in [0.15, 0.2) is 11.6 Å². The number of ketones is 1. The van der Waals surface area contributed by atoms with E-state index in [-0.39, 0.29) is 17.4 Å². The van der Waals surface area contributed by atoms with E-state index in [1.165, 1.54) is 50.5 Å². The smallest absolute Gasteiger partial charge is 0.159 e. The summed E-state index contributed by atoms with van der Waals surface area (Å²) in [6.45, 7) is 14.6. The molecule has 4 rings (SSSR count). The third-order valence-electron chi connectivity index (χ3n) is 11.1. The van der Waals surface area contributed by atoms with E-state index in [4.69, 9.17) is 0 Å². The average Bonchev–Trinajstić information content (AvgIpc) is 3.06. The van der Waals surface area contributed by atoms with Crippen LogP contribution in [-0.2, 0) is 4.79 Å². The van der Waals surface area contributed by atoms with Gasteiger partial charge in [-0.05, 0) is 104 Å². The molecule has 1 N–H and O–H groups in total. The number of aliphatic hydroxyl groups excluding tert-OH is 1. The molecule has 0 aromatic carbocycles. The molecule has 176 valence electrons. The quantitative estimate of drug-likeness (QED) is 0.485. The SMILES string of the molecule is CC[C@H](CC[C@H](C)[C@@H]1CC[C@@H]2[C@H]3C(=O)C=C4C[C@H](O)CC[C@@]4(C)[C@@H]3CC[C@]21C)C(C)C. The Morgan fingerprint density at radius 1 is 1.03 bits per heavy atom. The highest BCUT2D eigenvalue weighted by atomic mass is 16.3. The third kappa shape index (κ3) is 3.87. The summed E-state index contributed by atoms with van der Waals surface area (Å²) in [7, 11) is 0. The van der Waals surface area contributed by atoms with Crippen molar-refractivity contribution in [2.75, 3.05) is 0 Å². The molecule has 0 radical (unpaired) electrons. The Balaban J connectivity index is 1.52. The van der Waals surface area contributed by atoms with E-state index in [1.54, 1.807) is 0 Å². The molecule has 3 fully saturated rings. The van der Waals surface area contributed by atoms with Gasteiger partial charge in [0, 0.05) is 5.92 Å². The molecule has 0 heterocycles. The van der Waals surface area contributed by atoms with Gasteiger partial charge in [-0.2, -0.15) is 0 Å². The van der Waals surface area contributed by atoms with Crippen molar-refractivity contribution in [1.29, 1.82) is 0 Å². The van der Waals surface area contributed by atoms with Crippen molar-refractivity contribution >= 4 is 5.78 Å². The largest absolute Gasteiger partial charge is 0.393 e. The topological polar surface area (TPSA) is 37.3 Å². The normalized spacial score (nSPS) is 44.3. The van der Waals surface area contributed by atoms with Gasteiger partial charge >= 0.3 is 0 Å². The van der Waals surface area contributed by atoms with Crippen LogP contribution in [0.2, 0.25) is 0 Å². The summed E-state index contributed by atoms with van der Waals surface area (Å²) >= 11 is 0. The van der Waals surface area contributed by atoms with Crippen LogP contribution >= 0.6 is 0 Å². The van der Waals surface area contributed by atoms with Crippen LogP contribution in [0.3, 0.4) is 0 Å². The maximum absolute atomic E-state index is 13.5. The van der Waals surface area contributed by atoms with Gasteiger partial charge in [-0.1, -0.05) is 60.0 Å². The highest BCUT2D eigenvalue weighted by Crippen LogP contribution is 2.66. The first-order valence-electron chi connectivity index (χ1n) is 13.5. The number of carbonyl (C=O) groups excluding carboxylic acids is 1. The first kappa shape index (κ1) is 23.5. The molecule has 0 spiro atoms. The molecule has 0 bridgehead atoms. The minimum Gasteiger partial charge on any atom is -0.393 e. The maximum atomic E-state index is 13.5. The van der Waals surface area contributed by atoms with Crippen LogP contribution in [-0.4, -0.2) is 17.0 Å². The van der Waals surface area contributed by atoms with Gasteiger partial charge in [-0.15, -0.1) is 0 Å². The van der Waals surface area contributed by atoms with Crippen molar-refractivity contribution in [2.45, 2.75) is 112 Å². The first-order chi connectivity index (χ1) is 14.6. The molecule has 4 aliphatic carbocycles. The molecule has 3 saturated carbocycles. The number of fused-ring (bicyclic) bond motifs is 5. The van der Waals surface area contributed by atoms with Crippen LogP contribution in [0, 0.1) is 52.3 Å². The molecule has 0 unspecified atom stereocenters. The summed E-state index contributed by atoms with van der Waals surface area (Å²) in [4.78, 5) is 13.5. The van der Waals surface area contributed by atoms with Crippen LogP contribution < -0.4 is 0 Å². The zero-order chi connectivity index (χ0) is 22.6. The second kappa shape index (κ2) is 8.62. The second-order valence-corrected chi connectivity index (χ2v) is 12.8. The lowest BCUT2D eigenvalue weighted by Gasteiger charge is -2.57. The van der Waals surface area contributed by atoms with Gasteiger partial charge in [0.05, 0.1) is 6.10 Å². The fourth-order valence-corrected chi connectivity index (χ4v) is 9.04. The van der Waals surface area contributed by atoms with Gasteiger partial charge in [-0.25, -0.2) is 0 Å². The molecule has 0 amide bonds. The van der Waals surface area contributed by atoms with Gasteiger partial charge in [0.25, 0.3) is 0 Å². The highest BCUT2D eigenvalue weighted by Gasteiger charge is 2.61. The Morgan fingerprint density at radius 2 is 1.77 bits per heavy atom. The Kier molecular flexibility index (Phi) is 6.54. The molecule has 0 aliphatic heterocycles. The van der Waals surface area contributed by atoms with Crippen molar-refractivity contribution in [3.63, 3.8) is 0 Å². The highest BCUT2D eigenvalue weighted by molar-refractivity contribution is 5.94. The second-order valence-electron chi connectivity index (χ2n) is 12.8. The van der Waals surface area contributed by atoms with Crippen LogP contribution in [0.5, 0.6) is 0 Å². The fourth-order valence-electron chi connectivity index (χ4n) is 9.04. The zero-order valence-electron chi connectivity index (χ0n) is 21.1. The number of hydrogen-bond acceptors (Lipinski definition) is 2. The minimum absolute atomic E-state index is 0.147. The monoisotopic (exact) mass is 428 g/mol. The maximum Gasteiger partial charge on any atom is 0.159 e. The molecule has 2 heteroatoms. The lowest BCUT2D eigenvalue weighted by Crippen LogP contribution is -2.53. The van der Waals surface area contributed by atoms with E-state index in [9.17, 15) is 9.90 Å². The van der Waals surface area contributed by atoms with Gasteiger partial charge < -0.3 is 5.11 Å². The number of carbonyl (C=O) groups is 1. The van der Waals surface area contributed by atoms with Gasteiger partial charge in [0.15, 0.2) is 5.78 Å². The van der Waals surface area contributed by atoms with Crippen LogP contribution in [0.25, 0.3) is 0 Å². The molecule has 0 aromatic heterocycles. The Labute approximate surface area is 191 Å². The summed E-state index contributed by atoms with van der Waals surface area (Å²) in [6.07, 6.45) is 13.5. The van der Waals surface area contributed by atoms with Gasteiger partial charge in [0.1, 0.15) is 0 Å². The summed E-state index contributed by atoms with van der Waals surface area (Å²) in [6, 6.07) is 0. The predicted molar refractivity (Wildman–Crippen MR) is 129 cm³/mol. The zero-order valence-corrected chi connectivity index (χ0v) is 21.1. The number of allylic oxidation sites excluding steroid dienone is 1. The number of rotatable bonds is 6. The minimum atomic E-state index is -0.243. The van der Waals surface area contributed by atoms with E-state index in [0.29, 0.717) is 23.0 Å². The Morgan fingerprint density at radius 3 is 2.45 bits per heavy atom. The van der Waals surface area contributed by atoms with Crippen molar-refractivity contribution in [1.82, 2.24) is 0 Å². The fraction of sp³-hybridized carbons (Fsp3) is 0.897. The van der Waals surface area contributed by atoms with E-state index in [2.05, 4.69) is 41.5 Å². The molecule has 2 nitrogen and oxygen atoms in total. The summed E-state index contributed by atoms with van der Waals surface area (Å²) in [5.41, 5.74) is 1.75. The Bertz CT molecular complexity index is 708. The van der Waals surface area contributed by atoms with Crippen molar-refractivity contribution < 1.29 is 9.90 Å². The lowest BCUT2D eigenvalue weighted by molar-refractivity contribution is -0.135. The molecular weight excluding hydrogens is 380 g/mol. The molecule has 4 aliphatic rings. The summed E-state index contributed by atoms with van der Waals surface area (Å²) in [5, 5.41) is 10.2. The first-order valence-corrected chi connectivity index (χ1v) is 13.5. The molecule has 31 heavy (non-hydrogen) atoms. The van der Waals surface area contributed by atoms with Crippen LogP contribution in [0.1, 0.15) is 106 Å². The molecule has 9 atom stereocenters. The summed E-state index contributed by atoms with van der Waals surface area (Å²) < 4.78 is 0. The molecule has 0 aromatic rings. The Hall–Kier alpha value is -0.630. The van der Waals surface area contributed by atoms with E-state index < -0.39 is 0 Å². The standard InChI is InChI=1S/C29H48O2/c1-7-20(18(2)3)9-8-19(4)23-10-11-24-27-25(13-15-29(23,24)6)28(5)14-12-22(30)16-21(28)17-26(27)31/h17-20,22-25,27,30H,7-16H2,1-6H3/t19-,20+,22+,23-,24+,25+,27+,28+,29-/m0/s1. The third-order valence-corrected chi connectivity index (χ3v) is 11.1. The number of hydrogen-bond donors (Lipinski definition) is 1. The van der Waals surface area contributed by atoms with Gasteiger partial charge in [0.2, 0.25) is 0 Å². The van der Waals surface area contributed by atoms with Crippen molar-refractivity contribution in [2.24, 2.45) is 52.3 Å². The number of aliphatic hydroxyl groups is 1. The van der Waals surface area contributed by atoms with Crippen LogP contribution in [0.4, 0.5) is 0 Å². The summed E-state index contributed by atoms with van der Waals surface area (Å²) in [5.74, 6) is 4.90. The lowest BCUT2D eigenvalue weighted by atomic mass is 9.46.